The molecule has 0 amide bonds. The highest BCUT2D eigenvalue weighted by Crippen LogP contribution is 2.22. The lowest BCUT2D eigenvalue weighted by Crippen LogP contribution is -2.22. The summed E-state index contributed by atoms with van der Waals surface area (Å²) < 4.78 is 11.2. The van der Waals surface area contributed by atoms with Crippen molar-refractivity contribution in [1.82, 2.24) is 0 Å². The number of aromatic hydroxyl groups is 1. The smallest absolute Gasteiger partial charge is 0.328 e. The minimum Gasteiger partial charge on any atom is -0.507 e. The lowest BCUT2D eigenvalue weighted by molar-refractivity contribution is -0.162. The molecule has 0 aliphatic carbocycles. The van der Waals surface area contributed by atoms with Gasteiger partial charge in [-0.1, -0.05) is 17.9 Å². The van der Waals surface area contributed by atoms with Crippen molar-refractivity contribution >= 4 is 12.0 Å². The molecule has 0 spiro atoms. The van der Waals surface area contributed by atoms with Crippen molar-refractivity contribution in [3.8, 4) is 17.6 Å². The van der Waals surface area contributed by atoms with Crippen LogP contribution >= 0.6 is 0 Å². The van der Waals surface area contributed by atoms with Crippen molar-refractivity contribution in [3.05, 3.63) is 35.4 Å². The van der Waals surface area contributed by atoms with Crippen LogP contribution < -0.4 is 0 Å². The molecule has 5 nitrogen and oxygen atoms in total. The predicted molar refractivity (Wildman–Crippen MR) is 95.0 cm³/mol. The number of phenolic OH excluding ortho intramolecular Hbond substituents is 1. The van der Waals surface area contributed by atoms with Gasteiger partial charge in [-0.3, -0.25) is 0 Å². The molecule has 2 N–H and O–H groups in total. The summed E-state index contributed by atoms with van der Waals surface area (Å²) in [4.78, 5) is 10.6. The van der Waals surface area contributed by atoms with Crippen molar-refractivity contribution in [2.75, 3.05) is 13.2 Å². The molecule has 1 aromatic rings. The Kier molecular flexibility index (Phi) is 8.03. The minimum atomic E-state index is -1.07. The zero-order valence-electron chi connectivity index (χ0n) is 14.2. The Labute approximate surface area is 148 Å². The van der Waals surface area contributed by atoms with E-state index in [1.807, 2.05) is 0 Å². The normalized spacial score (nSPS) is 17.2. The SMILES string of the molecule is O=C(O)/C=C/c1c(O)cccc1C#CCCCCOC1CCCCO1. The van der Waals surface area contributed by atoms with Gasteiger partial charge in [-0.15, -0.1) is 0 Å². The van der Waals surface area contributed by atoms with E-state index in [1.54, 1.807) is 12.1 Å². The van der Waals surface area contributed by atoms with Crippen LogP contribution in [0.2, 0.25) is 0 Å². The Bertz CT molecular complexity index is 648. The molecule has 0 saturated carbocycles. The number of phenols is 1. The van der Waals surface area contributed by atoms with Gasteiger partial charge in [0.25, 0.3) is 0 Å². The van der Waals surface area contributed by atoms with E-state index in [-0.39, 0.29) is 12.0 Å². The van der Waals surface area contributed by atoms with Crippen molar-refractivity contribution in [1.29, 1.82) is 0 Å². The number of carboxylic acids is 1. The van der Waals surface area contributed by atoms with Crippen molar-refractivity contribution in [2.24, 2.45) is 0 Å². The molecule has 1 aliphatic rings. The number of benzene rings is 1. The average Bonchev–Trinajstić information content (AvgIpc) is 2.61. The number of unbranched alkanes of at least 4 members (excludes halogenated alkanes) is 2. The van der Waals surface area contributed by atoms with Gasteiger partial charge in [0.05, 0.1) is 0 Å². The zero-order chi connectivity index (χ0) is 17.9. The van der Waals surface area contributed by atoms with E-state index >= 15 is 0 Å². The van der Waals surface area contributed by atoms with Gasteiger partial charge in [-0.2, -0.15) is 0 Å². The zero-order valence-corrected chi connectivity index (χ0v) is 14.2. The monoisotopic (exact) mass is 344 g/mol. The van der Waals surface area contributed by atoms with E-state index in [0.717, 1.165) is 38.4 Å². The molecule has 1 saturated heterocycles. The predicted octanol–water partition coefficient (Wildman–Crippen LogP) is 3.56. The standard InChI is InChI=1S/C20H24O5/c21-18-10-7-9-16(17(18)12-13-19(22)23)8-3-1-2-5-14-24-20-11-4-6-15-25-20/h7,9-10,12-13,20-21H,1-2,4-6,11,14-15H2,(H,22,23)/b13-12+. The summed E-state index contributed by atoms with van der Waals surface area (Å²) in [6.07, 6.45) is 8.11. The third kappa shape index (κ3) is 7.00. The van der Waals surface area contributed by atoms with Crippen LogP contribution in [0.15, 0.2) is 24.3 Å². The molecule has 1 atom stereocenters. The molecule has 1 heterocycles. The summed E-state index contributed by atoms with van der Waals surface area (Å²) in [6.45, 7) is 1.46. The third-order valence-electron chi connectivity index (χ3n) is 3.84. The van der Waals surface area contributed by atoms with E-state index in [2.05, 4.69) is 11.8 Å². The fourth-order valence-electron chi connectivity index (χ4n) is 2.52. The van der Waals surface area contributed by atoms with Crippen molar-refractivity contribution in [2.45, 2.75) is 44.8 Å². The summed E-state index contributed by atoms with van der Waals surface area (Å²) in [5.41, 5.74) is 1.04. The summed E-state index contributed by atoms with van der Waals surface area (Å²) in [5, 5.41) is 18.6. The molecule has 1 unspecified atom stereocenters. The first-order valence-electron chi connectivity index (χ1n) is 8.62. The molecule has 0 radical (unpaired) electrons. The first kappa shape index (κ1) is 19.0. The first-order chi connectivity index (χ1) is 12.2. The molecule has 1 aromatic carbocycles. The van der Waals surface area contributed by atoms with E-state index in [0.29, 0.717) is 24.2 Å². The molecule has 5 heteroatoms. The summed E-state index contributed by atoms with van der Waals surface area (Å²) >= 11 is 0. The highest BCUT2D eigenvalue weighted by Gasteiger charge is 2.13. The minimum absolute atomic E-state index is 0.0187. The number of aliphatic carboxylic acids is 1. The fourth-order valence-corrected chi connectivity index (χ4v) is 2.52. The molecule has 0 aromatic heterocycles. The van der Waals surface area contributed by atoms with Crippen LogP contribution in [0.1, 0.15) is 49.7 Å². The Morgan fingerprint density at radius 2 is 2.24 bits per heavy atom. The van der Waals surface area contributed by atoms with Gasteiger partial charge in [0.1, 0.15) is 5.75 Å². The number of hydrogen-bond acceptors (Lipinski definition) is 4. The Morgan fingerprint density at radius 1 is 1.36 bits per heavy atom. The summed E-state index contributed by atoms with van der Waals surface area (Å²) in [5.74, 6) is 5.02. The quantitative estimate of drug-likeness (QED) is 0.449. The van der Waals surface area contributed by atoms with Crippen LogP contribution in [0.25, 0.3) is 6.08 Å². The summed E-state index contributed by atoms with van der Waals surface area (Å²) in [7, 11) is 0. The van der Waals surface area contributed by atoms with Gasteiger partial charge in [-0.25, -0.2) is 4.79 Å². The van der Waals surface area contributed by atoms with Gasteiger partial charge >= 0.3 is 5.97 Å². The maximum absolute atomic E-state index is 10.6. The van der Waals surface area contributed by atoms with E-state index < -0.39 is 5.97 Å². The molecular formula is C20H24O5. The Balaban J connectivity index is 1.77. The van der Waals surface area contributed by atoms with Crippen LogP contribution in [0.4, 0.5) is 0 Å². The van der Waals surface area contributed by atoms with Crippen LogP contribution in [-0.4, -0.2) is 35.7 Å². The number of ether oxygens (including phenoxy) is 2. The van der Waals surface area contributed by atoms with Crippen molar-refractivity contribution < 1.29 is 24.5 Å². The molecule has 1 aliphatic heterocycles. The van der Waals surface area contributed by atoms with Crippen molar-refractivity contribution in [3.63, 3.8) is 0 Å². The highest BCUT2D eigenvalue weighted by atomic mass is 16.7. The van der Waals surface area contributed by atoms with Gasteiger partial charge in [-0.05, 0) is 50.3 Å². The molecule has 2 rings (SSSR count). The topological polar surface area (TPSA) is 76.0 Å². The maximum Gasteiger partial charge on any atom is 0.328 e. The second-order valence-electron chi connectivity index (χ2n) is 5.84. The van der Waals surface area contributed by atoms with E-state index in [4.69, 9.17) is 14.6 Å². The Morgan fingerprint density at radius 3 is 3.00 bits per heavy atom. The molecule has 0 bridgehead atoms. The highest BCUT2D eigenvalue weighted by molar-refractivity contribution is 5.86. The second-order valence-corrected chi connectivity index (χ2v) is 5.84. The van der Waals surface area contributed by atoms with E-state index in [9.17, 15) is 9.90 Å². The molecular weight excluding hydrogens is 320 g/mol. The summed E-state index contributed by atoms with van der Waals surface area (Å²) in [6, 6.07) is 4.96. The number of rotatable bonds is 7. The Hall–Kier alpha value is -2.29. The number of carbonyl (C=O) groups is 1. The van der Waals surface area contributed by atoms with Crippen LogP contribution in [0.3, 0.4) is 0 Å². The largest absolute Gasteiger partial charge is 0.507 e. The van der Waals surface area contributed by atoms with Crippen LogP contribution in [0, 0.1) is 11.8 Å². The number of hydrogen-bond donors (Lipinski definition) is 2. The molecule has 1 fully saturated rings. The van der Waals surface area contributed by atoms with Gasteiger partial charge in [0.15, 0.2) is 6.29 Å². The van der Waals surface area contributed by atoms with Crippen LogP contribution in [-0.2, 0) is 14.3 Å². The van der Waals surface area contributed by atoms with E-state index in [1.165, 1.54) is 18.6 Å². The van der Waals surface area contributed by atoms with Crippen LogP contribution in [0.5, 0.6) is 5.75 Å². The third-order valence-corrected chi connectivity index (χ3v) is 3.84. The van der Waals surface area contributed by atoms with Gasteiger partial charge in [0.2, 0.25) is 0 Å². The lowest BCUT2D eigenvalue weighted by atomic mass is 10.1. The van der Waals surface area contributed by atoms with Gasteiger partial charge in [0, 0.05) is 36.8 Å². The average molecular weight is 344 g/mol. The number of carboxylic acid groups (broad SMARTS) is 1. The fraction of sp³-hybridized carbons (Fsp3) is 0.450. The maximum atomic E-state index is 10.6. The molecule has 25 heavy (non-hydrogen) atoms. The first-order valence-corrected chi connectivity index (χ1v) is 8.62. The van der Waals surface area contributed by atoms with Gasteiger partial charge < -0.3 is 19.7 Å². The lowest BCUT2D eigenvalue weighted by Gasteiger charge is -2.22. The second kappa shape index (κ2) is 10.5. The molecule has 134 valence electrons.